The topological polar surface area (TPSA) is 85.1 Å². The van der Waals surface area contributed by atoms with E-state index in [0.29, 0.717) is 17.8 Å². The molecule has 0 spiro atoms. The molecule has 4 N–H and O–H groups in total. The van der Waals surface area contributed by atoms with Crippen molar-refractivity contribution in [2.75, 3.05) is 5.73 Å². The molecule has 2 aromatic heterocycles. The van der Waals surface area contributed by atoms with Crippen LogP contribution in [0.1, 0.15) is 98.7 Å². The average molecular weight is 734 g/mol. The molecule has 2 aliphatic carbocycles. The van der Waals surface area contributed by atoms with Gasteiger partial charge in [-0.1, -0.05) is 37.8 Å². The number of nitrogens with zero attached hydrogens (tertiary/aromatic N) is 4. The molecular weight excluding hydrogens is 679 g/mol. The minimum atomic E-state index is -0.172. The highest BCUT2D eigenvalue weighted by atomic mass is 16.3. The molecule has 0 atom stereocenters. The van der Waals surface area contributed by atoms with E-state index in [1.165, 1.54) is 27.8 Å². The standard InChI is InChI=1S/C24H26N2O.C23H25N3O.CH4/c1-15-6-5-7-20(17(15)3)22-14-26(18-8-10-19(27)11-9-18)24-12-16(2)23(25-4)13-21(22)24;1-14-11-23-19(12-22(14)25-3)20(18-5-4-6-21(24)15(18)2)13-26(23)16-7-9-17(27)10-8-16;/h5-7,12-14,18-19,27H,8-11H2,1-3H3;4-6,11-13,16-17,27H,7-10,24H2,1-2H3;1H4. The Morgan fingerprint density at radius 1 is 0.564 bits per heavy atom. The summed E-state index contributed by atoms with van der Waals surface area (Å²) in [5, 5.41) is 22.1. The van der Waals surface area contributed by atoms with E-state index >= 15 is 0 Å². The summed E-state index contributed by atoms with van der Waals surface area (Å²) in [5.41, 5.74) is 21.1. The zero-order chi connectivity index (χ0) is 38.3. The first kappa shape index (κ1) is 39.4. The molecule has 284 valence electrons. The third-order valence-electron chi connectivity index (χ3n) is 12.2. The van der Waals surface area contributed by atoms with Crippen molar-refractivity contribution in [2.45, 2.75) is 118 Å². The van der Waals surface area contributed by atoms with Gasteiger partial charge < -0.3 is 25.1 Å². The molecule has 0 aliphatic heterocycles. The molecule has 0 unspecified atom stereocenters. The zero-order valence-corrected chi connectivity index (χ0v) is 32.2. The van der Waals surface area contributed by atoms with Crippen LogP contribution < -0.4 is 5.73 Å². The molecule has 55 heavy (non-hydrogen) atoms. The Bertz CT molecular complexity index is 2270. The van der Waals surface area contributed by atoms with E-state index in [0.717, 1.165) is 107 Å². The van der Waals surface area contributed by atoms with Crippen LogP contribution in [0.25, 0.3) is 53.7 Å². The molecule has 4 aromatic carbocycles. The highest BCUT2D eigenvalue weighted by Gasteiger charge is 2.26. The number of hydrogen-bond acceptors (Lipinski definition) is 3. The third-order valence-corrected chi connectivity index (χ3v) is 12.2. The highest BCUT2D eigenvalue weighted by Crippen LogP contribution is 2.43. The predicted octanol–water partition coefficient (Wildman–Crippen LogP) is 12.4. The summed E-state index contributed by atoms with van der Waals surface area (Å²) < 4.78 is 4.76. The quantitative estimate of drug-likeness (QED) is 0.125. The van der Waals surface area contributed by atoms with Gasteiger partial charge in [0.15, 0.2) is 11.4 Å². The molecule has 2 saturated carbocycles. The number of anilines is 1. The number of nitrogens with two attached hydrogens (primary N) is 1. The Morgan fingerprint density at radius 2 is 0.982 bits per heavy atom. The van der Waals surface area contributed by atoms with Gasteiger partial charge >= 0.3 is 0 Å². The minimum Gasteiger partial charge on any atom is -0.398 e. The molecule has 2 aliphatic rings. The van der Waals surface area contributed by atoms with E-state index in [1.54, 1.807) is 0 Å². The number of benzene rings is 4. The van der Waals surface area contributed by atoms with Gasteiger partial charge in [0.2, 0.25) is 0 Å². The number of fused-ring (bicyclic) bond motifs is 2. The Morgan fingerprint density at radius 3 is 1.42 bits per heavy atom. The van der Waals surface area contributed by atoms with Gasteiger partial charge in [0.25, 0.3) is 0 Å². The number of aryl methyl sites for hydroxylation is 3. The lowest BCUT2D eigenvalue weighted by Crippen LogP contribution is -2.20. The van der Waals surface area contributed by atoms with Crippen LogP contribution in [0, 0.1) is 47.8 Å². The maximum atomic E-state index is 9.91. The number of rotatable bonds is 4. The lowest BCUT2D eigenvalue weighted by atomic mass is 9.93. The highest BCUT2D eigenvalue weighted by molar-refractivity contribution is 6.01. The van der Waals surface area contributed by atoms with Crippen LogP contribution in [-0.2, 0) is 0 Å². The van der Waals surface area contributed by atoms with Crippen molar-refractivity contribution >= 4 is 38.9 Å². The Kier molecular flexibility index (Phi) is 11.6. The first-order chi connectivity index (χ1) is 26.0. The number of nitrogen functional groups attached to an aromatic ring is 1. The van der Waals surface area contributed by atoms with Crippen LogP contribution in [0.4, 0.5) is 17.1 Å². The van der Waals surface area contributed by atoms with Gasteiger partial charge in [0.05, 0.1) is 25.4 Å². The molecule has 0 bridgehead atoms. The van der Waals surface area contributed by atoms with Crippen LogP contribution in [-0.4, -0.2) is 31.6 Å². The number of aliphatic hydroxyl groups is 2. The molecule has 2 fully saturated rings. The molecule has 2 heterocycles. The second kappa shape index (κ2) is 16.2. The zero-order valence-electron chi connectivity index (χ0n) is 32.2. The molecule has 8 rings (SSSR count). The summed E-state index contributed by atoms with van der Waals surface area (Å²) in [5.74, 6) is 0. The fourth-order valence-corrected chi connectivity index (χ4v) is 8.71. The molecule has 7 nitrogen and oxygen atoms in total. The normalized spacial score (nSPS) is 19.6. The molecule has 7 heteroatoms. The summed E-state index contributed by atoms with van der Waals surface area (Å²) >= 11 is 0. The van der Waals surface area contributed by atoms with Crippen molar-refractivity contribution in [3.05, 3.63) is 124 Å². The van der Waals surface area contributed by atoms with Gasteiger partial charge in [0.1, 0.15) is 0 Å². The van der Waals surface area contributed by atoms with Gasteiger partial charge in [-0.2, -0.15) is 0 Å². The van der Waals surface area contributed by atoms with Gasteiger partial charge in [-0.05, 0) is 166 Å². The third kappa shape index (κ3) is 7.52. The van der Waals surface area contributed by atoms with Crippen molar-refractivity contribution in [3.8, 4) is 22.3 Å². The number of aromatic nitrogens is 2. The maximum Gasteiger partial charge on any atom is 0.190 e. The van der Waals surface area contributed by atoms with Crippen LogP contribution in [0.2, 0.25) is 0 Å². The summed E-state index contributed by atoms with van der Waals surface area (Å²) in [6.45, 7) is 25.4. The van der Waals surface area contributed by atoms with Crippen molar-refractivity contribution in [2.24, 2.45) is 0 Å². The fourth-order valence-electron chi connectivity index (χ4n) is 8.71. The molecule has 6 aromatic rings. The first-order valence-corrected chi connectivity index (χ1v) is 19.3. The largest absolute Gasteiger partial charge is 0.398 e. The average Bonchev–Trinajstić information content (AvgIpc) is 3.71. The van der Waals surface area contributed by atoms with E-state index in [9.17, 15) is 10.2 Å². The number of aliphatic hydroxyl groups excluding tert-OH is 2. The lowest BCUT2D eigenvalue weighted by molar-refractivity contribution is 0.111. The summed E-state index contributed by atoms with van der Waals surface area (Å²) in [6.07, 6.45) is 11.5. The summed E-state index contributed by atoms with van der Waals surface area (Å²) in [7, 11) is 0. The molecule has 0 saturated heterocycles. The van der Waals surface area contributed by atoms with Crippen LogP contribution in [0.5, 0.6) is 0 Å². The summed E-state index contributed by atoms with van der Waals surface area (Å²) in [6, 6.07) is 21.6. The van der Waals surface area contributed by atoms with E-state index in [4.69, 9.17) is 18.9 Å². The monoisotopic (exact) mass is 733 g/mol. The summed E-state index contributed by atoms with van der Waals surface area (Å²) in [4.78, 5) is 7.44. The van der Waals surface area contributed by atoms with Gasteiger partial charge in [-0.15, -0.1) is 0 Å². The second-order valence-electron chi connectivity index (χ2n) is 15.6. The van der Waals surface area contributed by atoms with E-state index < -0.39 is 0 Å². The molecule has 0 radical (unpaired) electrons. The van der Waals surface area contributed by atoms with Crippen molar-refractivity contribution < 1.29 is 10.2 Å². The lowest BCUT2D eigenvalue weighted by Gasteiger charge is -2.27. The van der Waals surface area contributed by atoms with Gasteiger partial charge in [-0.25, -0.2) is 9.69 Å². The SMILES string of the molecule is C.[C-]#[N+]c1cc2c(-c3cccc(C)c3C)cn(C3CCC(O)CC3)c2cc1C.[C-]#[N+]c1cc2c(-c3cccc(N)c3C)cn(C3CCC(O)CC3)c2cc1C. The van der Waals surface area contributed by atoms with Crippen LogP contribution in [0.15, 0.2) is 73.1 Å². The molecular formula is C48H55N5O2. The van der Waals surface area contributed by atoms with Crippen molar-refractivity contribution in [1.82, 2.24) is 9.13 Å². The van der Waals surface area contributed by atoms with E-state index in [1.807, 2.05) is 32.0 Å². The van der Waals surface area contributed by atoms with Gasteiger partial charge in [0, 0.05) is 52.3 Å². The van der Waals surface area contributed by atoms with E-state index in [2.05, 4.69) is 94.5 Å². The Labute approximate surface area is 326 Å². The fraction of sp³-hybridized carbons (Fsp3) is 0.375. The molecule has 0 amide bonds. The van der Waals surface area contributed by atoms with Gasteiger partial charge in [-0.3, -0.25) is 0 Å². The Hall–Kier alpha value is -5.34. The smallest absolute Gasteiger partial charge is 0.190 e. The van der Waals surface area contributed by atoms with Crippen LogP contribution in [0.3, 0.4) is 0 Å². The van der Waals surface area contributed by atoms with Crippen LogP contribution >= 0.6 is 0 Å². The number of hydrogen-bond donors (Lipinski definition) is 3. The Balaban J connectivity index is 0.000000184. The first-order valence-electron chi connectivity index (χ1n) is 19.3. The maximum absolute atomic E-state index is 9.91. The van der Waals surface area contributed by atoms with E-state index in [-0.39, 0.29) is 19.6 Å². The predicted molar refractivity (Wildman–Crippen MR) is 229 cm³/mol. The van der Waals surface area contributed by atoms with Crippen molar-refractivity contribution in [3.63, 3.8) is 0 Å². The minimum absolute atomic E-state index is 0. The second-order valence-corrected chi connectivity index (χ2v) is 15.6. The van der Waals surface area contributed by atoms with Crippen molar-refractivity contribution in [1.29, 1.82) is 0 Å².